The molecule has 0 radical (unpaired) electrons. The molecule has 0 aliphatic carbocycles. The Morgan fingerprint density at radius 3 is 2.53 bits per heavy atom. The predicted octanol–water partition coefficient (Wildman–Crippen LogP) is 1.64. The van der Waals surface area contributed by atoms with Crippen molar-refractivity contribution in [2.75, 3.05) is 39.9 Å². The summed E-state index contributed by atoms with van der Waals surface area (Å²) in [4.78, 5) is 2.22. The highest BCUT2D eigenvalue weighted by molar-refractivity contribution is 4.75. The lowest BCUT2D eigenvalue weighted by atomic mass is 10.1. The second-order valence-electron chi connectivity index (χ2n) is 4.48. The lowest BCUT2D eigenvalue weighted by molar-refractivity contribution is -0.174. The zero-order valence-electron chi connectivity index (χ0n) is 10.2. The first-order valence-corrected chi connectivity index (χ1v) is 6.04. The van der Waals surface area contributed by atoms with Crippen molar-refractivity contribution in [3.63, 3.8) is 0 Å². The summed E-state index contributed by atoms with van der Waals surface area (Å²) in [5, 5.41) is 3.29. The number of alkyl halides is 3. The van der Waals surface area contributed by atoms with Crippen LogP contribution in [0, 0.1) is 0 Å². The summed E-state index contributed by atoms with van der Waals surface area (Å²) in [6, 6.07) is 0.555. The van der Waals surface area contributed by atoms with Crippen LogP contribution in [0.2, 0.25) is 0 Å². The van der Waals surface area contributed by atoms with E-state index in [1.807, 2.05) is 7.05 Å². The molecule has 0 bridgehead atoms. The second-order valence-corrected chi connectivity index (χ2v) is 4.48. The van der Waals surface area contributed by atoms with Crippen molar-refractivity contribution in [2.24, 2.45) is 0 Å². The quantitative estimate of drug-likeness (QED) is 0.729. The molecule has 1 heterocycles. The number of rotatable bonds is 6. The zero-order chi connectivity index (χ0) is 12.7. The average Bonchev–Trinajstić information content (AvgIpc) is 2.28. The highest BCUT2D eigenvalue weighted by atomic mass is 19.4. The van der Waals surface area contributed by atoms with Gasteiger partial charge in [0.1, 0.15) is 6.61 Å². The van der Waals surface area contributed by atoms with Gasteiger partial charge in [-0.25, -0.2) is 0 Å². The van der Waals surface area contributed by atoms with Crippen LogP contribution in [0.15, 0.2) is 0 Å². The number of nitrogens with zero attached hydrogens (tertiary/aromatic N) is 1. The number of ether oxygens (including phenoxy) is 1. The molecule has 3 nitrogen and oxygen atoms in total. The van der Waals surface area contributed by atoms with Crippen molar-refractivity contribution >= 4 is 0 Å². The van der Waals surface area contributed by atoms with E-state index < -0.39 is 12.8 Å². The van der Waals surface area contributed by atoms with E-state index in [0.29, 0.717) is 12.5 Å². The molecule has 0 spiro atoms. The third kappa shape index (κ3) is 6.85. The minimum Gasteiger partial charge on any atom is -0.372 e. The smallest absolute Gasteiger partial charge is 0.372 e. The van der Waals surface area contributed by atoms with Gasteiger partial charge in [0.15, 0.2) is 0 Å². The summed E-state index contributed by atoms with van der Waals surface area (Å²) in [5.74, 6) is 0. The van der Waals surface area contributed by atoms with Crippen LogP contribution in [0.25, 0.3) is 0 Å². The van der Waals surface area contributed by atoms with Crippen molar-refractivity contribution in [3.8, 4) is 0 Å². The molecule has 1 aliphatic heterocycles. The van der Waals surface area contributed by atoms with Crippen molar-refractivity contribution in [2.45, 2.75) is 31.5 Å². The summed E-state index contributed by atoms with van der Waals surface area (Å²) in [7, 11) is 2.03. The monoisotopic (exact) mass is 254 g/mol. The van der Waals surface area contributed by atoms with Crippen LogP contribution in [-0.4, -0.2) is 57.0 Å². The molecule has 1 N–H and O–H groups in total. The van der Waals surface area contributed by atoms with Gasteiger partial charge in [0.25, 0.3) is 0 Å². The summed E-state index contributed by atoms with van der Waals surface area (Å²) in [6.45, 7) is 1.89. The topological polar surface area (TPSA) is 24.5 Å². The lowest BCUT2D eigenvalue weighted by Crippen LogP contribution is -2.41. The molecule has 1 fully saturated rings. The summed E-state index contributed by atoms with van der Waals surface area (Å²) in [5.41, 5.74) is 0. The van der Waals surface area contributed by atoms with Crippen molar-refractivity contribution in [1.82, 2.24) is 10.2 Å². The Morgan fingerprint density at radius 1 is 1.29 bits per heavy atom. The number of hydrogen-bond acceptors (Lipinski definition) is 3. The van der Waals surface area contributed by atoms with Crippen LogP contribution in [0.5, 0.6) is 0 Å². The maximum absolute atomic E-state index is 11.8. The van der Waals surface area contributed by atoms with Gasteiger partial charge < -0.3 is 15.0 Å². The van der Waals surface area contributed by atoms with Crippen LogP contribution >= 0.6 is 0 Å². The molecule has 1 rings (SSSR count). The molecule has 1 aliphatic rings. The third-order valence-electron chi connectivity index (χ3n) is 3.00. The van der Waals surface area contributed by atoms with E-state index in [-0.39, 0.29) is 6.61 Å². The Kier molecular flexibility index (Phi) is 6.22. The average molecular weight is 254 g/mol. The fraction of sp³-hybridized carbons (Fsp3) is 1.00. The molecule has 17 heavy (non-hydrogen) atoms. The highest BCUT2D eigenvalue weighted by Crippen LogP contribution is 2.14. The van der Waals surface area contributed by atoms with Gasteiger partial charge in [-0.2, -0.15) is 13.2 Å². The van der Waals surface area contributed by atoms with E-state index in [2.05, 4.69) is 15.0 Å². The molecule has 6 heteroatoms. The van der Waals surface area contributed by atoms with Gasteiger partial charge in [-0.05, 0) is 39.4 Å². The first-order valence-electron chi connectivity index (χ1n) is 6.04. The molecule has 0 aromatic heterocycles. The SMILES string of the molecule is CN(CCCOCC(F)(F)F)C1CCNCC1. The van der Waals surface area contributed by atoms with E-state index in [0.717, 1.165) is 32.5 Å². The Balaban J connectivity index is 2.01. The Hall–Kier alpha value is -0.330. The lowest BCUT2D eigenvalue weighted by Gasteiger charge is -2.31. The van der Waals surface area contributed by atoms with E-state index in [1.54, 1.807) is 0 Å². The van der Waals surface area contributed by atoms with Crippen LogP contribution in [0.3, 0.4) is 0 Å². The van der Waals surface area contributed by atoms with Crippen LogP contribution in [-0.2, 0) is 4.74 Å². The Morgan fingerprint density at radius 2 is 1.94 bits per heavy atom. The molecule has 0 amide bonds. The maximum Gasteiger partial charge on any atom is 0.411 e. The van der Waals surface area contributed by atoms with Gasteiger partial charge in [-0.1, -0.05) is 0 Å². The van der Waals surface area contributed by atoms with Crippen molar-refractivity contribution in [1.29, 1.82) is 0 Å². The largest absolute Gasteiger partial charge is 0.411 e. The van der Waals surface area contributed by atoms with Crippen LogP contribution < -0.4 is 5.32 Å². The summed E-state index contributed by atoms with van der Waals surface area (Å²) >= 11 is 0. The molecule has 1 saturated heterocycles. The summed E-state index contributed by atoms with van der Waals surface area (Å²) < 4.78 is 39.9. The second kappa shape index (κ2) is 7.18. The fourth-order valence-corrected chi connectivity index (χ4v) is 2.03. The standard InChI is InChI=1S/C11H21F3N2O/c1-16(10-3-5-15-6-4-10)7-2-8-17-9-11(12,13)14/h10,15H,2-9H2,1H3. The van der Waals surface area contributed by atoms with Crippen molar-refractivity contribution < 1.29 is 17.9 Å². The molecular formula is C11H21F3N2O. The molecule has 0 unspecified atom stereocenters. The van der Waals surface area contributed by atoms with E-state index in [1.165, 1.54) is 0 Å². The molecule has 0 aromatic carbocycles. The fourth-order valence-electron chi connectivity index (χ4n) is 2.03. The van der Waals surface area contributed by atoms with Crippen LogP contribution in [0.1, 0.15) is 19.3 Å². The van der Waals surface area contributed by atoms with Gasteiger partial charge in [0, 0.05) is 19.2 Å². The normalized spacial score (nSPS) is 18.9. The molecule has 0 aromatic rings. The van der Waals surface area contributed by atoms with Crippen molar-refractivity contribution in [3.05, 3.63) is 0 Å². The molecule has 0 saturated carbocycles. The maximum atomic E-state index is 11.8. The van der Waals surface area contributed by atoms with E-state index in [9.17, 15) is 13.2 Å². The zero-order valence-corrected chi connectivity index (χ0v) is 10.2. The third-order valence-corrected chi connectivity index (χ3v) is 3.00. The number of halogens is 3. The Labute approximate surface area is 100 Å². The van der Waals surface area contributed by atoms with Gasteiger partial charge in [-0.15, -0.1) is 0 Å². The van der Waals surface area contributed by atoms with Crippen LogP contribution in [0.4, 0.5) is 13.2 Å². The highest BCUT2D eigenvalue weighted by Gasteiger charge is 2.27. The van der Waals surface area contributed by atoms with Gasteiger partial charge in [-0.3, -0.25) is 0 Å². The first kappa shape index (κ1) is 14.7. The van der Waals surface area contributed by atoms with E-state index >= 15 is 0 Å². The molecule has 0 atom stereocenters. The minimum absolute atomic E-state index is 0.175. The first-order chi connectivity index (χ1) is 7.99. The molecular weight excluding hydrogens is 233 g/mol. The number of piperidine rings is 1. The van der Waals surface area contributed by atoms with Gasteiger partial charge in [0.05, 0.1) is 0 Å². The van der Waals surface area contributed by atoms with E-state index in [4.69, 9.17) is 0 Å². The minimum atomic E-state index is -4.21. The van der Waals surface area contributed by atoms with Gasteiger partial charge in [0.2, 0.25) is 0 Å². The number of hydrogen-bond donors (Lipinski definition) is 1. The summed E-state index contributed by atoms with van der Waals surface area (Å²) in [6.07, 6.45) is -1.34. The molecule has 102 valence electrons. The predicted molar refractivity (Wildman–Crippen MR) is 60.0 cm³/mol. The Bertz CT molecular complexity index is 205. The number of nitrogens with one attached hydrogen (secondary N) is 1. The van der Waals surface area contributed by atoms with Gasteiger partial charge >= 0.3 is 6.18 Å².